The number of carbonyl (C=O) groups excluding carboxylic acids is 1. The summed E-state index contributed by atoms with van der Waals surface area (Å²) >= 11 is 0. The van der Waals surface area contributed by atoms with Crippen molar-refractivity contribution in [1.82, 2.24) is 39.3 Å². The fourth-order valence-corrected chi connectivity index (χ4v) is 4.75. The zero-order chi connectivity index (χ0) is 27.9. The van der Waals surface area contributed by atoms with Gasteiger partial charge in [-0.1, -0.05) is 0 Å². The normalized spacial score (nSPS) is 18.1. The van der Waals surface area contributed by atoms with Gasteiger partial charge in [0.1, 0.15) is 23.6 Å². The number of carbonyl (C=O) groups is 1. The average Bonchev–Trinajstić information content (AvgIpc) is 3.61. The molecule has 1 saturated heterocycles. The average molecular weight is 548 g/mol. The van der Waals surface area contributed by atoms with Crippen LogP contribution in [-0.2, 0) is 19.3 Å². The van der Waals surface area contributed by atoms with Crippen LogP contribution < -0.4 is 15.8 Å². The standard InChI is InChI=1S/C24H25F4N9O2/c1-3-36-12-30-7-14(36)8-35-9-17(25)18(10-35)34-22(38)15-4-13(6-31-23(15)39-2)19-5-16(24(26,27)28)20-21(29)32-11-33-37(19)20/h4-7,11-12,17-18H,3,8-10H2,1-2H3,(H,34,38)(H2,29,32,33). The zero-order valence-corrected chi connectivity index (χ0v) is 21.0. The number of aromatic nitrogens is 6. The predicted octanol–water partition coefficient (Wildman–Crippen LogP) is 2.57. The van der Waals surface area contributed by atoms with E-state index < -0.39 is 35.4 Å². The number of anilines is 1. The molecule has 2 unspecified atom stereocenters. The Bertz CT molecular complexity index is 1520. The van der Waals surface area contributed by atoms with E-state index >= 15 is 0 Å². The lowest BCUT2D eigenvalue weighted by molar-refractivity contribution is -0.136. The third-order valence-corrected chi connectivity index (χ3v) is 6.64. The second-order valence-electron chi connectivity index (χ2n) is 9.09. The van der Waals surface area contributed by atoms with Gasteiger partial charge in [0.2, 0.25) is 5.88 Å². The first-order valence-corrected chi connectivity index (χ1v) is 12.0. The van der Waals surface area contributed by atoms with Gasteiger partial charge in [0.25, 0.3) is 5.91 Å². The van der Waals surface area contributed by atoms with Crippen molar-refractivity contribution < 1.29 is 27.1 Å². The summed E-state index contributed by atoms with van der Waals surface area (Å²) in [5.41, 5.74) is 5.25. The highest BCUT2D eigenvalue weighted by molar-refractivity contribution is 5.98. The van der Waals surface area contributed by atoms with Gasteiger partial charge in [-0.3, -0.25) is 9.69 Å². The third-order valence-electron chi connectivity index (χ3n) is 6.64. The number of pyridine rings is 1. The van der Waals surface area contributed by atoms with Crippen molar-refractivity contribution in [3.8, 4) is 17.1 Å². The second-order valence-corrected chi connectivity index (χ2v) is 9.09. The molecule has 0 aliphatic carbocycles. The minimum atomic E-state index is -4.73. The maximum Gasteiger partial charge on any atom is 0.418 e. The first-order valence-electron chi connectivity index (χ1n) is 12.0. The number of hydrogen-bond acceptors (Lipinski definition) is 8. The van der Waals surface area contributed by atoms with E-state index in [-0.39, 0.29) is 41.6 Å². The van der Waals surface area contributed by atoms with Crippen molar-refractivity contribution >= 4 is 17.2 Å². The lowest BCUT2D eigenvalue weighted by Crippen LogP contribution is -2.41. The fraction of sp³-hybridized carbons (Fsp3) is 0.375. The Kier molecular flexibility index (Phi) is 6.84. The SMILES string of the molecule is CCn1cncc1CN1CC(F)C(NC(=O)c2cc(-c3cc(C(F)(F)F)c4c(N)ncnn34)cnc2OC)C1. The lowest BCUT2D eigenvalue weighted by Gasteiger charge is -2.17. The van der Waals surface area contributed by atoms with Gasteiger partial charge in [-0.05, 0) is 19.1 Å². The van der Waals surface area contributed by atoms with Crippen LogP contribution in [0.15, 0.2) is 37.2 Å². The van der Waals surface area contributed by atoms with Crippen LogP contribution in [-0.4, -0.2) is 72.4 Å². The molecular weight excluding hydrogens is 522 g/mol. The molecule has 5 heterocycles. The molecule has 5 rings (SSSR count). The van der Waals surface area contributed by atoms with Gasteiger partial charge in [-0.2, -0.15) is 18.3 Å². The number of aryl methyl sites for hydroxylation is 1. The molecule has 0 aromatic carbocycles. The van der Waals surface area contributed by atoms with Crippen LogP contribution in [0.1, 0.15) is 28.5 Å². The van der Waals surface area contributed by atoms with Crippen molar-refractivity contribution in [2.45, 2.75) is 38.4 Å². The molecule has 206 valence electrons. The summed E-state index contributed by atoms with van der Waals surface area (Å²) < 4.78 is 64.3. The van der Waals surface area contributed by atoms with E-state index in [1.165, 1.54) is 19.4 Å². The Balaban J connectivity index is 1.42. The fourth-order valence-electron chi connectivity index (χ4n) is 4.75. The maximum absolute atomic E-state index is 14.9. The number of amides is 1. The molecule has 2 atom stereocenters. The number of alkyl halides is 4. The number of methoxy groups -OCH3 is 1. The number of halogens is 4. The molecule has 0 spiro atoms. The molecule has 4 aromatic rings. The molecule has 1 aliphatic heterocycles. The molecule has 3 N–H and O–H groups in total. The number of likely N-dealkylation sites (tertiary alicyclic amines) is 1. The van der Waals surface area contributed by atoms with E-state index in [2.05, 4.69) is 25.4 Å². The number of nitrogens with zero attached hydrogens (tertiary/aromatic N) is 7. The van der Waals surface area contributed by atoms with Crippen LogP contribution in [0.4, 0.5) is 23.4 Å². The van der Waals surface area contributed by atoms with Gasteiger partial charge in [0, 0.05) is 44.1 Å². The Morgan fingerprint density at radius 2 is 2.03 bits per heavy atom. The van der Waals surface area contributed by atoms with E-state index in [1.807, 2.05) is 16.4 Å². The molecule has 15 heteroatoms. The monoisotopic (exact) mass is 547 g/mol. The van der Waals surface area contributed by atoms with Crippen LogP contribution in [0.25, 0.3) is 16.8 Å². The smallest absolute Gasteiger partial charge is 0.418 e. The number of ether oxygens (including phenoxy) is 1. The van der Waals surface area contributed by atoms with Crippen LogP contribution >= 0.6 is 0 Å². The summed E-state index contributed by atoms with van der Waals surface area (Å²) in [5, 5.41) is 6.60. The van der Waals surface area contributed by atoms with Crippen molar-refractivity contribution in [3.05, 3.63) is 54.0 Å². The van der Waals surface area contributed by atoms with Gasteiger partial charge < -0.3 is 20.4 Å². The quantitative estimate of drug-likeness (QED) is 0.338. The minimum Gasteiger partial charge on any atom is -0.480 e. The van der Waals surface area contributed by atoms with Gasteiger partial charge in [0.15, 0.2) is 5.82 Å². The Hall–Kier alpha value is -4.27. The zero-order valence-electron chi connectivity index (χ0n) is 21.0. The largest absolute Gasteiger partial charge is 0.480 e. The molecule has 39 heavy (non-hydrogen) atoms. The van der Waals surface area contributed by atoms with E-state index in [4.69, 9.17) is 10.5 Å². The molecule has 1 amide bonds. The molecule has 4 aromatic heterocycles. The highest BCUT2D eigenvalue weighted by atomic mass is 19.4. The van der Waals surface area contributed by atoms with Crippen molar-refractivity contribution in [2.24, 2.45) is 0 Å². The topological polar surface area (TPSA) is 128 Å². The van der Waals surface area contributed by atoms with Crippen LogP contribution in [0.2, 0.25) is 0 Å². The highest BCUT2D eigenvalue weighted by Crippen LogP contribution is 2.39. The van der Waals surface area contributed by atoms with Gasteiger partial charge in [-0.15, -0.1) is 0 Å². The van der Waals surface area contributed by atoms with Crippen LogP contribution in [0, 0.1) is 0 Å². The summed E-state index contributed by atoms with van der Waals surface area (Å²) in [6.45, 7) is 3.55. The molecule has 11 nitrogen and oxygen atoms in total. The molecule has 1 aliphatic rings. The van der Waals surface area contributed by atoms with Crippen molar-refractivity contribution in [3.63, 3.8) is 0 Å². The first kappa shape index (κ1) is 26.3. The number of nitrogen functional groups attached to an aromatic ring is 1. The third kappa shape index (κ3) is 4.96. The summed E-state index contributed by atoms with van der Waals surface area (Å²) in [6.07, 6.45) is -0.367. The van der Waals surface area contributed by atoms with E-state index in [1.54, 1.807) is 12.5 Å². The predicted molar refractivity (Wildman–Crippen MR) is 132 cm³/mol. The maximum atomic E-state index is 14.9. The number of hydrogen-bond donors (Lipinski definition) is 2. The summed E-state index contributed by atoms with van der Waals surface area (Å²) in [5.74, 6) is -1.11. The van der Waals surface area contributed by atoms with E-state index in [0.29, 0.717) is 6.54 Å². The number of nitrogens with one attached hydrogen (secondary N) is 1. The first-order chi connectivity index (χ1) is 18.6. The Labute approximate surface area is 219 Å². The number of imidazole rings is 1. The highest BCUT2D eigenvalue weighted by Gasteiger charge is 2.37. The van der Waals surface area contributed by atoms with Crippen molar-refractivity contribution in [2.75, 3.05) is 25.9 Å². The number of rotatable bonds is 7. The minimum absolute atomic E-state index is 0.0152. The Morgan fingerprint density at radius 3 is 2.74 bits per heavy atom. The summed E-state index contributed by atoms with van der Waals surface area (Å²) in [4.78, 5) is 27.0. The van der Waals surface area contributed by atoms with E-state index in [0.717, 1.165) is 29.1 Å². The number of fused-ring (bicyclic) bond motifs is 1. The summed E-state index contributed by atoms with van der Waals surface area (Å²) in [6, 6.07) is 1.36. The van der Waals surface area contributed by atoms with Crippen LogP contribution in [0.5, 0.6) is 5.88 Å². The Morgan fingerprint density at radius 1 is 1.23 bits per heavy atom. The van der Waals surface area contributed by atoms with E-state index in [9.17, 15) is 22.4 Å². The number of nitrogens with two attached hydrogens (primary N) is 1. The lowest BCUT2D eigenvalue weighted by atomic mass is 10.1. The molecule has 0 radical (unpaired) electrons. The molecule has 1 fully saturated rings. The van der Waals surface area contributed by atoms with Crippen molar-refractivity contribution in [1.29, 1.82) is 0 Å². The van der Waals surface area contributed by atoms with Gasteiger partial charge in [0.05, 0.1) is 36.4 Å². The molecule has 0 bridgehead atoms. The van der Waals surface area contributed by atoms with Gasteiger partial charge in [-0.25, -0.2) is 23.9 Å². The molecule has 0 saturated carbocycles. The van der Waals surface area contributed by atoms with Gasteiger partial charge >= 0.3 is 6.18 Å². The van der Waals surface area contributed by atoms with Crippen LogP contribution in [0.3, 0.4) is 0 Å². The molecular formula is C24H25F4N9O2. The second kappa shape index (κ2) is 10.1. The summed E-state index contributed by atoms with van der Waals surface area (Å²) in [7, 11) is 1.30.